The van der Waals surface area contributed by atoms with E-state index in [-0.39, 0.29) is 6.61 Å². The summed E-state index contributed by atoms with van der Waals surface area (Å²) in [4.78, 5) is 4.67. The predicted molar refractivity (Wildman–Crippen MR) is 75.9 cm³/mol. The summed E-state index contributed by atoms with van der Waals surface area (Å²) in [5, 5.41) is 9.00. The summed E-state index contributed by atoms with van der Waals surface area (Å²) < 4.78 is 0. The molecular weight excluding hydrogens is 226 g/mol. The molecule has 1 aliphatic heterocycles. The summed E-state index contributed by atoms with van der Waals surface area (Å²) in [5.41, 5.74) is 9.33. The molecule has 0 spiro atoms. The molecule has 2 rings (SSSR count). The second-order valence-corrected chi connectivity index (χ2v) is 4.97. The fourth-order valence-electron chi connectivity index (χ4n) is 2.50. The summed E-state index contributed by atoms with van der Waals surface area (Å²) in [6.45, 7) is 7.18. The van der Waals surface area contributed by atoms with Crippen LogP contribution in [0.5, 0.6) is 0 Å². The molecule has 100 valence electrons. The van der Waals surface area contributed by atoms with Gasteiger partial charge in [-0.15, -0.1) is 0 Å². The van der Waals surface area contributed by atoms with Gasteiger partial charge in [0.1, 0.15) is 0 Å². The van der Waals surface area contributed by atoms with Gasteiger partial charge in [-0.3, -0.25) is 4.90 Å². The van der Waals surface area contributed by atoms with Crippen molar-refractivity contribution < 1.29 is 5.11 Å². The molecule has 18 heavy (non-hydrogen) atoms. The Morgan fingerprint density at radius 2 is 2.06 bits per heavy atom. The van der Waals surface area contributed by atoms with Crippen molar-refractivity contribution in [2.75, 3.05) is 50.0 Å². The van der Waals surface area contributed by atoms with E-state index >= 15 is 0 Å². The summed E-state index contributed by atoms with van der Waals surface area (Å²) in [6, 6.07) is 6.20. The molecule has 0 unspecified atom stereocenters. The van der Waals surface area contributed by atoms with Gasteiger partial charge < -0.3 is 15.7 Å². The molecule has 3 N–H and O–H groups in total. The number of aliphatic hydroxyl groups excluding tert-OH is 1. The van der Waals surface area contributed by atoms with Gasteiger partial charge in [-0.25, -0.2) is 0 Å². The number of hydrogen-bond acceptors (Lipinski definition) is 4. The smallest absolute Gasteiger partial charge is 0.0603 e. The molecule has 0 radical (unpaired) electrons. The first kappa shape index (κ1) is 13.2. The number of hydrogen-bond donors (Lipinski definition) is 2. The number of nitrogen functional groups attached to an aromatic ring is 1. The van der Waals surface area contributed by atoms with Gasteiger partial charge in [0.05, 0.1) is 18.0 Å². The van der Waals surface area contributed by atoms with Crippen LogP contribution in [0.15, 0.2) is 18.2 Å². The first-order chi connectivity index (χ1) is 8.70. The van der Waals surface area contributed by atoms with Crippen LogP contribution in [0.25, 0.3) is 0 Å². The number of aryl methyl sites for hydroxylation is 1. The highest BCUT2D eigenvalue weighted by Crippen LogP contribution is 2.25. The SMILES string of the molecule is Cc1ccc(N)c(N2CCCN(CCO)CC2)c1. The molecule has 0 bridgehead atoms. The normalized spacial score (nSPS) is 17.8. The molecule has 1 heterocycles. The Morgan fingerprint density at radius 1 is 1.22 bits per heavy atom. The summed E-state index contributed by atoms with van der Waals surface area (Å²) in [7, 11) is 0. The minimum atomic E-state index is 0.243. The number of nitrogens with two attached hydrogens (primary N) is 1. The van der Waals surface area contributed by atoms with Crippen molar-refractivity contribution >= 4 is 11.4 Å². The Balaban J connectivity index is 2.07. The average molecular weight is 249 g/mol. The zero-order valence-corrected chi connectivity index (χ0v) is 11.1. The third-order valence-corrected chi connectivity index (χ3v) is 3.53. The first-order valence-electron chi connectivity index (χ1n) is 6.65. The molecule has 4 heteroatoms. The van der Waals surface area contributed by atoms with E-state index in [1.807, 2.05) is 6.07 Å². The number of aliphatic hydroxyl groups is 1. The second-order valence-electron chi connectivity index (χ2n) is 4.97. The first-order valence-corrected chi connectivity index (χ1v) is 6.65. The van der Waals surface area contributed by atoms with Crippen molar-refractivity contribution in [3.63, 3.8) is 0 Å². The minimum absolute atomic E-state index is 0.243. The Bertz CT molecular complexity index is 395. The summed E-state index contributed by atoms with van der Waals surface area (Å²) in [6.07, 6.45) is 1.12. The van der Waals surface area contributed by atoms with E-state index in [1.165, 1.54) is 5.56 Å². The maximum Gasteiger partial charge on any atom is 0.0603 e. The summed E-state index contributed by atoms with van der Waals surface area (Å²) >= 11 is 0. The van der Waals surface area contributed by atoms with E-state index in [2.05, 4.69) is 28.9 Å². The van der Waals surface area contributed by atoms with E-state index in [0.717, 1.165) is 50.5 Å². The maximum absolute atomic E-state index is 9.00. The lowest BCUT2D eigenvalue weighted by Gasteiger charge is -2.25. The van der Waals surface area contributed by atoms with Crippen LogP contribution in [0.4, 0.5) is 11.4 Å². The van der Waals surface area contributed by atoms with Crippen LogP contribution in [0, 0.1) is 6.92 Å². The van der Waals surface area contributed by atoms with Crippen LogP contribution in [-0.2, 0) is 0 Å². The van der Waals surface area contributed by atoms with Crippen molar-refractivity contribution in [3.8, 4) is 0 Å². The fraction of sp³-hybridized carbons (Fsp3) is 0.571. The van der Waals surface area contributed by atoms with Crippen LogP contribution in [0.1, 0.15) is 12.0 Å². The van der Waals surface area contributed by atoms with Gasteiger partial charge in [0.25, 0.3) is 0 Å². The number of rotatable bonds is 3. The number of nitrogens with zero attached hydrogens (tertiary/aromatic N) is 2. The van der Waals surface area contributed by atoms with E-state index in [9.17, 15) is 0 Å². The van der Waals surface area contributed by atoms with Gasteiger partial charge in [-0.2, -0.15) is 0 Å². The van der Waals surface area contributed by atoms with Crippen LogP contribution >= 0.6 is 0 Å². The molecule has 1 saturated heterocycles. The van der Waals surface area contributed by atoms with E-state index < -0.39 is 0 Å². The van der Waals surface area contributed by atoms with Crippen LogP contribution in [0.3, 0.4) is 0 Å². The van der Waals surface area contributed by atoms with Crippen molar-refractivity contribution in [1.29, 1.82) is 0 Å². The van der Waals surface area contributed by atoms with Gasteiger partial charge >= 0.3 is 0 Å². The van der Waals surface area contributed by atoms with E-state index in [0.29, 0.717) is 0 Å². The molecule has 4 nitrogen and oxygen atoms in total. The monoisotopic (exact) mass is 249 g/mol. The highest BCUT2D eigenvalue weighted by molar-refractivity contribution is 5.68. The summed E-state index contributed by atoms with van der Waals surface area (Å²) in [5.74, 6) is 0. The third kappa shape index (κ3) is 3.15. The molecule has 0 amide bonds. The molecule has 1 fully saturated rings. The Labute approximate surface area is 109 Å². The van der Waals surface area contributed by atoms with Crippen LogP contribution < -0.4 is 10.6 Å². The fourth-order valence-corrected chi connectivity index (χ4v) is 2.50. The maximum atomic E-state index is 9.00. The molecule has 0 saturated carbocycles. The van der Waals surface area contributed by atoms with Crippen molar-refractivity contribution in [2.24, 2.45) is 0 Å². The molecule has 1 aromatic carbocycles. The van der Waals surface area contributed by atoms with Crippen molar-refractivity contribution in [3.05, 3.63) is 23.8 Å². The molecule has 0 aromatic heterocycles. The van der Waals surface area contributed by atoms with Gasteiger partial charge in [-0.05, 0) is 37.6 Å². The van der Waals surface area contributed by atoms with E-state index in [4.69, 9.17) is 10.8 Å². The minimum Gasteiger partial charge on any atom is -0.397 e. The lowest BCUT2D eigenvalue weighted by Crippen LogP contribution is -2.32. The predicted octanol–water partition coefficient (Wildman–Crippen LogP) is 1.08. The largest absolute Gasteiger partial charge is 0.397 e. The van der Waals surface area contributed by atoms with Gasteiger partial charge in [0, 0.05) is 26.2 Å². The Hall–Kier alpha value is -1.26. The van der Waals surface area contributed by atoms with Gasteiger partial charge in [0.15, 0.2) is 0 Å². The molecule has 0 aliphatic carbocycles. The highest BCUT2D eigenvalue weighted by atomic mass is 16.3. The number of β-amino-alcohol motifs (C(OH)–C–C–N with tert-alkyl or cyclic N) is 1. The van der Waals surface area contributed by atoms with Crippen molar-refractivity contribution in [1.82, 2.24) is 4.90 Å². The lowest BCUT2D eigenvalue weighted by molar-refractivity contribution is 0.204. The Morgan fingerprint density at radius 3 is 2.83 bits per heavy atom. The van der Waals surface area contributed by atoms with Crippen molar-refractivity contribution in [2.45, 2.75) is 13.3 Å². The Kier molecular flexibility index (Phi) is 4.44. The second kappa shape index (κ2) is 6.07. The standard InChI is InChI=1S/C14H23N3O/c1-12-3-4-13(15)14(11-12)17-6-2-5-16(7-8-17)9-10-18/h3-4,11,18H,2,5-10,15H2,1H3. The van der Waals surface area contributed by atoms with Gasteiger partial charge in [0.2, 0.25) is 0 Å². The number of anilines is 2. The molecule has 0 atom stereocenters. The quantitative estimate of drug-likeness (QED) is 0.787. The third-order valence-electron chi connectivity index (χ3n) is 3.53. The van der Waals surface area contributed by atoms with Crippen LogP contribution in [-0.4, -0.2) is 49.3 Å². The van der Waals surface area contributed by atoms with E-state index in [1.54, 1.807) is 0 Å². The zero-order valence-electron chi connectivity index (χ0n) is 11.1. The number of benzene rings is 1. The molecule has 1 aliphatic rings. The molecular formula is C14H23N3O. The van der Waals surface area contributed by atoms with Crippen LogP contribution in [0.2, 0.25) is 0 Å². The average Bonchev–Trinajstić information content (AvgIpc) is 2.58. The zero-order chi connectivity index (χ0) is 13.0. The topological polar surface area (TPSA) is 52.7 Å². The van der Waals surface area contributed by atoms with Gasteiger partial charge in [-0.1, -0.05) is 6.07 Å². The molecule has 1 aromatic rings. The lowest BCUT2D eigenvalue weighted by atomic mass is 10.1. The highest BCUT2D eigenvalue weighted by Gasteiger charge is 2.16.